The smallest absolute Gasteiger partial charge is 0.303 e. The Labute approximate surface area is 94.9 Å². The molecule has 1 rings (SSSR count). The maximum Gasteiger partial charge on any atom is 0.303 e. The van der Waals surface area contributed by atoms with Crippen molar-refractivity contribution in [2.75, 3.05) is 0 Å². The third-order valence-electron chi connectivity index (χ3n) is 1.94. The lowest BCUT2D eigenvalue weighted by Gasteiger charge is -2.13. The molecule has 0 bridgehead atoms. The second-order valence-corrected chi connectivity index (χ2v) is 2.99. The maximum absolute atomic E-state index is 11.3. The Kier molecular flexibility index (Phi) is 1.87. The van der Waals surface area contributed by atoms with Crippen molar-refractivity contribution in [3.8, 4) is 11.5 Å². The summed E-state index contributed by atoms with van der Waals surface area (Å²) in [6, 6.07) is -1.82. The normalized spacial score (nSPS) is 18.9. The molecule has 0 saturated carbocycles. The van der Waals surface area contributed by atoms with Crippen molar-refractivity contribution < 1.29 is 25.6 Å². The lowest BCUT2D eigenvalue weighted by atomic mass is 9.93. The van der Waals surface area contributed by atoms with E-state index in [4.69, 9.17) is 6.91 Å². The van der Waals surface area contributed by atoms with Gasteiger partial charge in [-0.15, -0.1) is 0 Å². The molecule has 0 aromatic heterocycles. The van der Waals surface area contributed by atoms with Gasteiger partial charge in [0.25, 0.3) is 1.43 Å². The summed E-state index contributed by atoms with van der Waals surface area (Å²) in [5, 5.41) is 22.7. The average molecular weight is 215 g/mol. The van der Waals surface area contributed by atoms with Crippen LogP contribution in [0.15, 0.2) is 18.1 Å². The second-order valence-electron chi connectivity index (χ2n) is 2.99. The number of benzene rings is 1. The summed E-state index contributed by atoms with van der Waals surface area (Å²) in [7, 11) is 0. The molecule has 1 aromatic rings. The summed E-state index contributed by atoms with van der Waals surface area (Å²) in [6.07, 6.45) is -1.40. The Morgan fingerprint density at radius 1 is 1.60 bits per heavy atom. The number of carbonyl (C=O) groups is 1. The van der Waals surface area contributed by atoms with Gasteiger partial charge < -0.3 is 15.3 Å². The van der Waals surface area contributed by atoms with E-state index in [0.717, 1.165) is 0 Å². The van der Waals surface area contributed by atoms with Gasteiger partial charge in [0.1, 0.15) is 0 Å². The molecule has 0 aliphatic rings. The summed E-state index contributed by atoms with van der Waals surface area (Å²) < 4.78 is 37.1. The van der Waals surface area contributed by atoms with Crippen LogP contribution < -0.4 is 0 Å². The summed E-state index contributed by atoms with van der Waals surface area (Å²) in [6.45, 7) is 1.59. The summed E-state index contributed by atoms with van der Waals surface area (Å²) in [4.78, 5) is 11.3. The molecule has 1 aromatic carbocycles. The number of hydrogen-bond acceptors (Lipinski definition) is 4. The maximum atomic E-state index is 11.3. The third-order valence-corrected chi connectivity index (χ3v) is 1.94. The predicted octanol–water partition coefficient (Wildman–Crippen LogP) is 2.07. The Bertz CT molecular complexity index is 505. The van der Waals surface area contributed by atoms with Crippen molar-refractivity contribution in [3.05, 3.63) is 23.7 Å². The number of carboxylic acids is 1. The minimum atomic E-state index is -1.56. The first kappa shape index (κ1) is 6.00. The average Bonchev–Trinajstić information content (AvgIpc) is 2.45. The Hall–Kier alpha value is -1.71. The molecule has 0 heterocycles. The number of phenolic OH excluding ortho intramolecular Hbond substituents is 2. The highest BCUT2D eigenvalue weighted by molar-refractivity contribution is 5.68. The largest absolute Gasteiger partial charge is 0.504 e. The Balaban J connectivity index is 3.47. The molecule has 4 heteroatoms. The zero-order valence-electron chi connectivity index (χ0n) is 13.1. The van der Waals surface area contributed by atoms with Crippen LogP contribution in [-0.2, 0) is 4.79 Å². The first-order valence-corrected chi connectivity index (χ1v) is 4.38. The van der Waals surface area contributed by atoms with E-state index in [1.165, 1.54) is 0 Å². The number of hydrogen-bond donors (Lipinski definition) is 3. The number of carboxylic acid groups (broad SMARTS) is 1. The topological polar surface area (TPSA) is 77.8 Å². The van der Waals surface area contributed by atoms with E-state index in [1.807, 2.05) is 0 Å². The van der Waals surface area contributed by atoms with E-state index in [0.29, 0.717) is 0 Å². The number of rotatable bonds is 4. The number of phenols is 2. The van der Waals surface area contributed by atoms with Crippen molar-refractivity contribution in [2.45, 2.75) is 25.7 Å². The highest BCUT2D eigenvalue weighted by Gasteiger charge is 2.14. The fraction of sp³-hybridized carbons (Fsp3) is 0.364. The van der Waals surface area contributed by atoms with E-state index in [1.54, 1.807) is 6.92 Å². The molecule has 0 radical (unpaired) electrons. The van der Waals surface area contributed by atoms with Crippen molar-refractivity contribution >= 4 is 5.97 Å². The molecule has 4 nitrogen and oxygen atoms in total. The number of aromatic hydroxyl groups is 2. The molecule has 0 aliphatic carbocycles. The predicted molar refractivity (Wildman–Crippen MR) is 55.1 cm³/mol. The highest BCUT2D eigenvalue weighted by Crippen LogP contribution is 2.31. The fourth-order valence-corrected chi connectivity index (χ4v) is 1.16. The van der Waals surface area contributed by atoms with Crippen LogP contribution in [0.3, 0.4) is 0 Å². The molecule has 2 unspecified atom stereocenters. The minimum absolute atomic E-state index is 0.157. The lowest BCUT2D eigenvalue weighted by Crippen LogP contribution is -2.05. The molecule has 0 spiro atoms. The zero-order valence-corrected chi connectivity index (χ0v) is 8.07. The standard InChI is InChI=1S/C11H14O4/c1-2-7(6-11(14)15)8-3-4-9(12)10(13)5-8/h3-5,7,12-13H,2,6H2,1H3,(H,14,15)/i3D,4D,5D,6D/hD. The molecule has 15 heavy (non-hydrogen) atoms. The Morgan fingerprint density at radius 3 is 2.93 bits per heavy atom. The van der Waals surface area contributed by atoms with Gasteiger partial charge in [-0.3, -0.25) is 4.79 Å². The van der Waals surface area contributed by atoms with Gasteiger partial charge in [-0.1, -0.05) is 13.0 Å². The summed E-state index contributed by atoms with van der Waals surface area (Å²) in [5.41, 5.74) is -0.196. The van der Waals surface area contributed by atoms with Crippen LogP contribution in [0, 0.1) is 0 Å². The van der Waals surface area contributed by atoms with Crippen LogP contribution in [0.25, 0.3) is 1.43 Å². The quantitative estimate of drug-likeness (QED) is 0.672. The van der Waals surface area contributed by atoms with E-state index >= 15 is 0 Å². The minimum Gasteiger partial charge on any atom is -0.504 e. The second kappa shape index (κ2) is 4.68. The van der Waals surface area contributed by atoms with Crippen LogP contribution >= 0.6 is 0 Å². The van der Waals surface area contributed by atoms with Crippen molar-refractivity contribution in [1.29, 1.82) is 1.43 Å². The fourth-order valence-electron chi connectivity index (χ4n) is 1.16. The van der Waals surface area contributed by atoms with Gasteiger partial charge in [-0.05, 0) is 30.0 Å². The van der Waals surface area contributed by atoms with Crippen LogP contribution in [0.4, 0.5) is 0 Å². The molecule has 0 amide bonds. The van der Waals surface area contributed by atoms with Gasteiger partial charge in [-0.2, -0.15) is 0 Å². The molecular formula is C11H14O4. The molecule has 3 N–H and O–H groups in total. The van der Waals surface area contributed by atoms with E-state index in [2.05, 4.69) is 5.11 Å². The zero-order chi connectivity index (χ0) is 15.6. The summed E-state index contributed by atoms with van der Waals surface area (Å²) >= 11 is 0. The molecule has 0 aliphatic heterocycles. The van der Waals surface area contributed by atoms with Gasteiger partial charge in [0, 0.05) is 1.37 Å². The van der Waals surface area contributed by atoms with Crippen molar-refractivity contribution in [2.24, 2.45) is 0 Å². The van der Waals surface area contributed by atoms with Gasteiger partial charge in [0.2, 0.25) is 0 Å². The molecular weight excluding hydrogens is 196 g/mol. The van der Waals surface area contributed by atoms with Crippen LogP contribution in [0.1, 0.15) is 36.7 Å². The first-order chi connectivity index (χ1) is 9.27. The molecule has 2 atom stereocenters. The summed E-state index contributed by atoms with van der Waals surface area (Å²) in [5.74, 6) is -3.91. The van der Waals surface area contributed by atoms with Crippen molar-refractivity contribution in [1.82, 2.24) is 0 Å². The molecule has 0 fully saturated rings. The number of aliphatic carboxylic acids is 1. The SMILES string of the molecule is [2H]OC(=O)C([2H])C(CC)c1c([2H])c([2H])c(O)c(O)c1[2H]. The lowest BCUT2D eigenvalue weighted by molar-refractivity contribution is -0.137. The van der Waals surface area contributed by atoms with E-state index < -0.39 is 47.9 Å². The van der Waals surface area contributed by atoms with E-state index in [9.17, 15) is 15.0 Å². The third kappa shape index (κ3) is 2.87. The van der Waals surface area contributed by atoms with E-state index in [-0.39, 0.29) is 12.0 Å². The van der Waals surface area contributed by atoms with Crippen molar-refractivity contribution in [3.63, 3.8) is 0 Å². The van der Waals surface area contributed by atoms with Crippen LogP contribution in [0.2, 0.25) is 0 Å². The van der Waals surface area contributed by atoms with Gasteiger partial charge in [0.05, 0.1) is 10.5 Å². The van der Waals surface area contributed by atoms with Gasteiger partial charge in [0.15, 0.2) is 11.5 Å². The molecule has 82 valence electrons. The van der Waals surface area contributed by atoms with Gasteiger partial charge >= 0.3 is 5.97 Å². The highest BCUT2D eigenvalue weighted by atomic mass is 16.4. The monoisotopic (exact) mass is 215 g/mol. The Morgan fingerprint density at radius 2 is 2.33 bits per heavy atom. The van der Waals surface area contributed by atoms with Gasteiger partial charge in [-0.25, -0.2) is 0 Å². The van der Waals surface area contributed by atoms with Crippen LogP contribution in [-0.4, -0.2) is 21.3 Å². The first-order valence-electron chi connectivity index (χ1n) is 6.87. The molecule has 0 saturated heterocycles. The van der Waals surface area contributed by atoms with Crippen LogP contribution in [0.5, 0.6) is 11.5 Å².